The minimum absolute atomic E-state index is 0.0181. The van der Waals surface area contributed by atoms with Crippen molar-refractivity contribution >= 4 is 27.5 Å². The largest absolute Gasteiger partial charge is 0.467 e. The summed E-state index contributed by atoms with van der Waals surface area (Å²) in [5.74, 6) is 0.823. The maximum Gasteiger partial charge on any atom is 0.254 e. The molecule has 20 heavy (non-hydrogen) atoms. The van der Waals surface area contributed by atoms with Crippen LogP contribution in [0.3, 0.4) is 0 Å². The van der Waals surface area contributed by atoms with Gasteiger partial charge in [0.05, 0.1) is 12.8 Å². The third-order valence-electron chi connectivity index (χ3n) is 3.40. The van der Waals surface area contributed by atoms with Gasteiger partial charge in [0.15, 0.2) is 0 Å². The van der Waals surface area contributed by atoms with Gasteiger partial charge in [-0.3, -0.25) is 4.79 Å². The van der Waals surface area contributed by atoms with Gasteiger partial charge in [0, 0.05) is 21.8 Å². The molecule has 2 N–H and O–H groups in total. The third kappa shape index (κ3) is 2.72. The molecule has 0 saturated heterocycles. The lowest BCUT2D eigenvalue weighted by molar-refractivity contribution is 0.0717. The van der Waals surface area contributed by atoms with Gasteiger partial charge < -0.3 is 15.1 Å². The molecule has 0 spiro atoms. The highest BCUT2D eigenvalue weighted by Crippen LogP contribution is 2.31. The molecular formula is C15H15BrN2O2. The molecule has 4 nitrogen and oxygen atoms in total. The number of nitrogen functional groups attached to an aromatic ring is 1. The van der Waals surface area contributed by atoms with E-state index in [2.05, 4.69) is 15.9 Å². The van der Waals surface area contributed by atoms with Gasteiger partial charge in [-0.15, -0.1) is 0 Å². The molecular weight excluding hydrogens is 320 g/mol. The van der Waals surface area contributed by atoms with Crippen molar-refractivity contribution in [3.63, 3.8) is 0 Å². The van der Waals surface area contributed by atoms with E-state index in [-0.39, 0.29) is 5.91 Å². The molecule has 3 rings (SSSR count). The third-order valence-corrected chi connectivity index (χ3v) is 4.09. The standard InChI is InChI=1S/C15H15BrN2O2/c16-13-8-10(3-6-14(13)17)15(19)18(11-4-5-11)9-12-2-1-7-20-12/h1-3,6-8,11H,4-5,9,17H2. The molecule has 1 aliphatic rings. The molecule has 0 aliphatic heterocycles. The lowest BCUT2D eigenvalue weighted by Crippen LogP contribution is -2.32. The summed E-state index contributed by atoms with van der Waals surface area (Å²) in [5, 5.41) is 0. The molecule has 1 aromatic heterocycles. The van der Waals surface area contributed by atoms with Crippen LogP contribution in [0.15, 0.2) is 45.5 Å². The van der Waals surface area contributed by atoms with Crippen LogP contribution < -0.4 is 5.73 Å². The van der Waals surface area contributed by atoms with Crippen LogP contribution in [0.2, 0.25) is 0 Å². The van der Waals surface area contributed by atoms with E-state index in [0.717, 1.165) is 23.1 Å². The van der Waals surface area contributed by atoms with Crippen LogP contribution in [0, 0.1) is 0 Å². The van der Waals surface area contributed by atoms with E-state index in [0.29, 0.717) is 23.8 Å². The van der Waals surface area contributed by atoms with E-state index >= 15 is 0 Å². The van der Waals surface area contributed by atoms with Gasteiger partial charge in [-0.25, -0.2) is 0 Å². The Morgan fingerprint density at radius 1 is 1.40 bits per heavy atom. The molecule has 1 saturated carbocycles. The number of nitrogens with zero attached hydrogens (tertiary/aromatic N) is 1. The average molecular weight is 335 g/mol. The van der Waals surface area contributed by atoms with Crippen molar-refractivity contribution in [2.24, 2.45) is 0 Å². The molecule has 0 atom stereocenters. The number of anilines is 1. The Bertz CT molecular complexity index is 621. The summed E-state index contributed by atoms with van der Waals surface area (Å²) in [5.41, 5.74) is 7.03. The molecule has 1 aromatic carbocycles. The Hall–Kier alpha value is -1.75. The van der Waals surface area contributed by atoms with Crippen molar-refractivity contribution in [1.82, 2.24) is 4.90 Å². The smallest absolute Gasteiger partial charge is 0.254 e. The molecule has 0 radical (unpaired) electrons. The Morgan fingerprint density at radius 2 is 2.20 bits per heavy atom. The van der Waals surface area contributed by atoms with Crippen molar-refractivity contribution in [3.8, 4) is 0 Å². The van der Waals surface area contributed by atoms with Crippen LogP contribution in [-0.4, -0.2) is 16.8 Å². The number of carbonyl (C=O) groups is 1. The van der Waals surface area contributed by atoms with Crippen molar-refractivity contribution in [2.75, 3.05) is 5.73 Å². The summed E-state index contributed by atoms with van der Waals surface area (Å²) in [6.07, 6.45) is 3.75. The molecule has 5 heteroatoms. The average Bonchev–Trinajstić information content (AvgIpc) is 3.15. The highest BCUT2D eigenvalue weighted by atomic mass is 79.9. The first-order chi connectivity index (χ1) is 9.65. The monoisotopic (exact) mass is 334 g/mol. The van der Waals surface area contributed by atoms with E-state index in [1.807, 2.05) is 17.0 Å². The van der Waals surface area contributed by atoms with E-state index < -0.39 is 0 Å². The zero-order valence-corrected chi connectivity index (χ0v) is 12.5. The molecule has 1 amide bonds. The minimum atomic E-state index is 0.0181. The van der Waals surface area contributed by atoms with E-state index in [4.69, 9.17) is 10.2 Å². The quantitative estimate of drug-likeness (QED) is 0.871. The fourth-order valence-corrected chi connectivity index (χ4v) is 2.53. The zero-order chi connectivity index (χ0) is 14.1. The van der Waals surface area contributed by atoms with Crippen LogP contribution >= 0.6 is 15.9 Å². The Balaban J connectivity index is 1.83. The van der Waals surface area contributed by atoms with Crippen molar-refractivity contribution in [2.45, 2.75) is 25.4 Å². The molecule has 104 valence electrons. The van der Waals surface area contributed by atoms with Gasteiger partial charge in [0.25, 0.3) is 5.91 Å². The first-order valence-corrected chi connectivity index (χ1v) is 7.33. The number of furan rings is 1. The number of rotatable bonds is 4. The highest BCUT2D eigenvalue weighted by Gasteiger charge is 2.33. The first kappa shape index (κ1) is 13.2. The number of carbonyl (C=O) groups excluding carboxylic acids is 1. The summed E-state index contributed by atoms with van der Waals surface area (Å²) in [4.78, 5) is 14.5. The maximum absolute atomic E-state index is 12.6. The van der Waals surface area contributed by atoms with Gasteiger partial charge in [-0.1, -0.05) is 0 Å². The fourth-order valence-electron chi connectivity index (χ4n) is 2.15. The second-order valence-corrected chi connectivity index (χ2v) is 5.83. The SMILES string of the molecule is Nc1ccc(C(=O)N(Cc2ccco2)C2CC2)cc1Br. The maximum atomic E-state index is 12.6. The second kappa shape index (κ2) is 5.32. The summed E-state index contributed by atoms with van der Waals surface area (Å²) in [6, 6.07) is 9.33. The van der Waals surface area contributed by atoms with Gasteiger partial charge in [0.2, 0.25) is 0 Å². The van der Waals surface area contributed by atoms with Crippen LogP contribution in [0.1, 0.15) is 29.0 Å². The summed E-state index contributed by atoms with van der Waals surface area (Å²) in [7, 11) is 0. The van der Waals surface area contributed by atoms with Gasteiger partial charge >= 0.3 is 0 Å². The van der Waals surface area contributed by atoms with Crippen LogP contribution in [0.25, 0.3) is 0 Å². The van der Waals surface area contributed by atoms with E-state index in [9.17, 15) is 4.79 Å². The fraction of sp³-hybridized carbons (Fsp3) is 0.267. The predicted molar refractivity (Wildman–Crippen MR) is 80.2 cm³/mol. The van der Waals surface area contributed by atoms with Crippen molar-refractivity contribution < 1.29 is 9.21 Å². The summed E-state index contributed by atoms with van der Waals surface area (Å²) in [6.45, 7) is 0.512. The number of hydrogen-bond acceptors (Lipinski definition) is 3. The van der Waals surface area contributed by atoms with Gasteiger partial charge in [0.1, 0.15) is 5.76 Å². The molecule has 1 aliphatic carbocycles. The zero-order valence-electron chi connectivity index (χ0n) is 10.9. The Labute approximate surface area is 125 Å². The lowest BCUT2D eigenvalue weighted by Gasteiger charge is -2.21. The van der Waals surface area contributed by atoms with Crippen LogP contribution in [0.4, 0.5) is 5.69 Å². The normalized spacial score (nSPS) is 14.2. The molecule has 0 unspecified atom stereocenters. The molecule has 1 fully saturated rings. The summed E-state index contributed by atoms with van der Waals surface area (Å²) >= 11 is 3.36. The Morgan fingerprint density at radius 3 is 2.80 bits per heavy atom. The van der Waals surface area contributed by atoms with Crippen LogP contribution in [-0.2, 0) is 6.54 Å². The molecule has 0 bridgehead atoms. The second-order valence-electron chi connectivity index (χ2n) is 4.98. The van der Waals surface area contributed by atoms with Gasteiger partial charge in [-0.05, 0) is 59.1 Å². The minimum Gasteiger partial charge on any atom is -0.467 e. The molecule has 1 heterocycles. The lowest BCUT2D eigenvalue weighted by atomic mass is 10.1. The highest BCUT2D eigenvalue weighted by molar-refractivity contribution is 9.10. The topological polar surface area (TPSA) is 59.5 Å². The van der Waals surface area contributed by atoms with Crippen LogP contribution in [0.5, 0.6) is 0 Å². The van der Waals surface area contributed by atoms with Crippen molar-refractivity contribution in [1.29, 1.82) is 0 Å². The number of amides is 1. The molecule has 2 aromatic rings. The first-order valence-electron chi connectivity index (χ1n) is 6.53. The number of hydrogen-bond donors (Lipinski definition) is 1. The number of nitrogens with two attached hydrogens (primary N) is 1. The van der Waals surface area contributed by atoms with Gasteiger partial charge in [-0.2, -0.15) is 0 Å². The number of halogens is 1. The van der Waals surface area contributed by atoms with E-state index in [1.54, 1.807) is 24.5 Å². The Kier molecular flexibility index (Phi) is 3.53. The predicted octanol–water partition coefficient (Wildman–Crippen LogP) is 3.43. The number of benzene rings is 1. The van der Waals surface area contributed by atoms with Crippen molar-refractivity contribution in [3.05, 3.63) is 52.4 Å². The summed E-state index contributed by atoms with van der Waals surface area (Å²) < 4.78 is 6.09. The van der Waals surface area contributed by atoms with E-state index in [1.165, 1.54) is 0 Å².